The van der Waals surface area contributed by atoms with E-state index in [9.17, 15) is 0 Å². The van der Waals surface area contributed by atoms with Crippen LogP contribution in [-0.2, 0) is 0 Å². The van der Waals surface area contributed by atoms with Gasteiger partial charge in [-0.25, -0.2) is 0 Å². The standard InChI is InChI=1S/C14H30N2O/c1-4-8-15-14(7-9-17)11-16-10-12(2)5-6-13(16)3/h12-15,17H,4-11H2,1-3H3. The quantitative estimate of drug-likeness (QED) is 0.715. The third-order valence-electron chi connectivity index (χ3n) is 3.86. The molecule has 1 aliphatic rings. The fraction of sp³-hybridized carbons (Fsp3) is 1.00. The zero-order valence-corrected chi connectivity index (χ0v) is 11.8. The van der Waals surface area contributed by atoms with Gasteiger partial charge in [0.05, 0.1) is 0 Å². The second-order valence-corrected chi connectivity index (χ2v) is 5.65. The second-order valence-electron chi connectivity index (χ2n) is 5.65. The van der Waals surface area contributed by atoms with E-state index < -0.39 is 0 Å². The molecule has 1 heterocycles. The lowest BCUT2D eigenvalue weighted by atomic mass is 9.94. The Labute approximate surface area is 107 Å². The summed E-state index contributed by atoms with van der Waals surface area (Å²) in [5.74, 6) is 0.826. The van der Waals surface area contributed by atoms with E-state index in [1.165, 1.54) is 19.4 Å². The predicted octanol–water partition coefficient (Wildman–Crippen LogP) is 1.86. The highest BCUT2D eigenvalue weighted by atomic mass is 16.3. The molecule has 0 aromatic rings. The van der Waals surface area contributed by atoms with Crippen LogP contribution in [0.4, 0.5) is 0 Å². The van der Waals surface area contributed by atoms with Crippen molar-refractivity contribution in [2.24, 2.45) is 5.92 Å². The molecule has 0 aliphatic carbocycles. The minimum Gasteiger partial charge on any atom is -0.396 e. The van der Waals surface area contributed by atoms with Gasteiger partial charge in [-0.2, -0.15) is 0 Å². The van der Waals surface area contributed by atoms with E-state index in [1.54, 1.807) is 0 Å². The zero-order chi connectivity index (χ0) is 12.7. The Morgan fingerprint density at radius 2 is 2.12 bits per heavy atom. The van der Waals surface area contributed by atoms with Crippen LogP contribution in [0.25, 0.3) is 0 Å². The lowest BCUT2D eigenvalue weighted by Crippen LogP contribution is -2.48. The Balaban J connectivity index is 2.40. The van der Waals surface area contributed by atoms with Gasteiger partial charge in [0.2, 0.25) is 0 Å². The monoisotopic (exact) mass is 242 g/mol. The average molecular weight is 242 g/mol. The van der Waals surface area contributed by atoms with E-state index in [0.717, 1.165) is 31.8 Å². The minimum atomic E-state index is 0.291. The number of aliphatic hydroxyl groups is 1. The Hall–Kier alpha value is -0.120. The first kappa shape index (κ1) is 14.9. The number of hydrogen-bond donors (Lipinski definition) is 2. The number of likely N-dealkylation sites (tertiary alicyclic amines) is 1. The number of piperidine rings is 1. The van der Waals surface area contributed by atoms with E-state index in [1.807, 2.05) is 0 Å². The van der Waals surface area contributed by atoms with Crippen LogP contribution in [-0.4, -0.2) is 48.3 Å². The summed E-state index contributed by atoms with van der Waals surface area (Å²) in [7, 11) is 0. The highest BCUT2D eigenvalue weighted by molar-refractivity contribution is 4.81. The van der Waals surface area contributed by atoms with Gasteiger partial charge >= 0.3 is 0 Å². The minimum absolute atomic E-state index is 0.291. The fourth-order valence-corrected chi connectivity index (χ4v) is 2.68. The molecule has 0 amide bonds. The van der Waals surface area contributed by atoms with Crippen LogP contribution in [0.15, 0.2) is 0 Å². The summed E-state index contributed by atoms with van der Waals surface area (Å²) in [5.41, 5.74) is 0. The van der Waals surface area contributed by atoms with Crippen molar-refractivity contribution in [3.8, 4) is 0 Å². The number of nitrogens with zero attached hydrogens (tertiary/aromatic N) is 1. The van der Waals surface area contributed by atoms with Crippen molar-refractivity contribution in [1.82, 2.24) is 10.2 Å². The van der Waals surface area contributed by atoms with E-state index in [2.05, 4.69) is 31.0 Å². The maximum Gasteiger partial charge on any atom is 0.0446 e. The van der Waals surface area contributed by atoms with Crippen molar-refractivity contribution in [3.63, 3.8) is 0 Å². The Morgan fingerprint density at radius 1 is 1.35 bits per heavy atom. The maximum atomic E-state index is 9.12. The van der Waals surface area contributed by atoms with Gasteiger partial charge in [0.15, 0.2) is 0 Å². The van der Waals surface area contributed by atoms with Gasteiger partial charge in [0.25, 0.3) is 0 Å². The maximum absolute atomic E-state index is 9.12. The molecule has 0 saturated carbocycles. The summed E-state index contributed by atoms with van der Waals surface area (Å²) in [5, 5.41) is 12.7. The molecule has 0 aromatic carbocycles. The SMILES string of the molecule is CCCNC(CCO)CN1CC(C)CCC1C. The number of hydrogen-bond acceptors (Lipinski definition) is 3. The number of rotatable bonds is 7. The van der Waals surface area contributed by atoms with Gasteiger partial charge in [-0.1, -0.05) is 13.8 Å². The van der Waals surface area contributed by atoms with E-state index in [4.69, 9.17) is 5.11 Å². The molecule has 1 aliphatic heterocycles. The molecule has 0 radical (unpaired) electrons. The fourth-order valence-electron chi connectivity index (χ4n) is 2.68. The van der Waals surface area contributed by atoms with Gasteiger partial charge in [-0.05, 0) is 45.1 Å². The summed E-state index contributed by atoms with van der Waals surface area (Å²) in [6, 6.07) is 1.16. The first-order valence-electron chi connectivity index (χ1n) is 7.25. The molecule has 102 valence electrons. The summed E-state index contributed by atoms with van der Waals surface area (Å²) in [4.78, 5) is 2.59. The van der Waals surface area contributed by atoms with E-state index in [0.29, 0.717) is 18.7 Å². The van der Waals surface area contributed by atoms with E-state index in [-0.39, 0.29) is 0 Å². The Morgan fingerprint density at radius 3 is 2.76 bits per heavy atom. The summed E-state index contributed by atoms with van der Waals surface area (Å²) in [6.07, 6.45) is 4.72. The summed E-state index contributed by atoms with van der Waals surface area (Å²) < 4.78 is 0. The molecule has 17 heavy (non-hydrogen) atoms. The molecule has 3 unspecified atom stereocenters. The van der Waals surface area contributed by atoms with Crippen LogP contribution in [0, 0.1) is 5.92 Å². The number of aliphatic hydroxyl groups excluding tert-OH is 1. The molecule has 3 nitrogen and oxygen atoms in total. The molecule has 1 rings (SSSR count). The molecular formula is C14H30N2O. The molecule has 0 aromatic heterocycles. The molecule has 1 fully saturated rings. The van der Waals surface area contributed by atoms with Gasteiger partial charge < -0.3 is 10.4 Å². The average Bonchev–Trinajstić information content (AvgIpc) is 2.31. The van der Waals surface area contributed by atoms with Crippen LogP contribution < -0.4 is 5.32 Å². The van der Waals surface area contributed by atoms with Crippen LogP contribution in [0.3, 0.4) is 0 Å². The van der Waals surface area contributed by atoms with Crippen molar-refractivity contribution < 1.29 is 5.11 Å². The molecule has 1 saturated heterocycles. The zero-order valence-electron chi connectivity index (χ0n) is 11.8. The van der Waals surface area contributed by atoms with Crippen molar-refractivity contribution in [3.05, 3.63) is 0 Å². The highest BCUT2D eigenvalue weighted by Crippen LogP contribution is 2.21. The molecule has 0 spiro atoms. The number of nitrogens with one attached hydrogen (secondary N) is 1. The third kappa shape index (κ3) is 5.36. The third-order valence-corrected chi connectivity index (χ3v) is 3.86. The second kappa shape index (κ2) is 8.06. The molecule has 2 N–H and O–H groups in total. The Bertz CT molecular complexity index is 199. The van der Waals surface area contributed by atoms with Gasteiger partial charge in [0.1, 0.15) is 0 Å². The molecule has 0 bridgehead atoms. The molecule has 3 atom stereocenters. The lowest BCUT2D eigenvalue weighted by Gasteiger charge is -2.39. The normalized spacial score (nSPS) is 28.2. The van der Waals surface area contributed by atoms with Gasteiger partial charge in [-0.15, -0.1) is 0 Å². The van der Waals surface area contributed by atoms with Crippen LogP contribution >= 0.6 is 0 Å². The van der Waals surface area contributed by atoms with Crippen LogP contribution in [0.2, 0.25) is 0 Å². The Kier molecular flexibility index (Phi) is 7.09. The molecule has 3 heteroatoms. The van der Waals surface area contributed by atoms with Gasteiger partial charge in [-0.3, -0.25) is 4.90 Å². The summed E-state index contributed by atoms with van der Waals surface area (Å²) >= 11 is 0. The summed E-state index contributed by atoms with van der Waals surface area (Å²) in [6.45, 7) is 10.5. The van der Waals surface area contributed by atoms with Crippen molar-refractivity contribution >= 4 is 0 Å². The smallest absolute Gasteiger partial charge is 0.0446 e. The van der Waals surface area contributed by atoms with Crippen molar-refractivity contribution in [2.75, 3.05) is 26.2 Å². The molecular weight excluding hydrogens is 212 g/mol. The first-order chi connectivity index (χ1) is 8.17. The lowest BCUT2D eigenvalue weighted by molar-refractivity contribution is 0.106. The van der Waals surface area contributed by atoms with Crippen molar-refractivity contribution in [2.45, 2.75) is 58.5 Å². The van der Waals surface area contributed by atoms with E-state index >= 15 is 0 Å². The van der Waals surface area contributed by atoms with Gasteiger partial charge in [0, 0.05) is 31.8 Å². The largest absolute Gasteiger partial charge is 0.396 e. The van der Waals surface area contributed by atoms with Crippen LogP contribution in [0.5, 0.6) is 0 Å². The first-order valence-corrected chi connectivity index (χ1v) is 7.25. The topological polar surface area (TPSA) is 35.5 Å². The predicted molar refractivity (Wildman–Crippen MR) is 73.2 cm³/mol. The van der Waals surface area contributed by atoms with Crippen molar-refractivity contribution in [1.29, 1.82) is 0 Å². The highest BCUT2D eigenvalue weighted by Gasteiger charge is 2.24. The van der Waals surface area contributed by atoms with Crippen LogP contribution in [0.1, 0.15) is 46.5 Å².